The highest BCUT2D eigenvalue weighted by Gasteiger charge is 2.47. The van der Waals surface area contributed by atoms with Gasteiger partial charge in [0.15, 0.2) is 0 Å². The summed E-state index contributed by atoms with van der Waals surface area (Å²) < 4.78 is 0. The average molecular weight is 297 g/mol. The summed E-state index contributed by atoms with van der Waals surface area (Å²) in [5, 5.41) is 14.8. The van der Waals surface area contributed by atoms with Crippen LogP contribution < -0.4 is 10.6 Å². The molecule has 3 amide bonds. The van der Waals surface area contributed by atoms with Crippen molar-refractivity contribution in [1.29, 1.82) is 0 Å². The molecule has 1 saturated heterocycles. The highest BCUT2D eigenvalue weighted by molar-refractivity contribution is 5.88. The van der Waals surface area contributed by atoms with Crippen molar-refractivity contribution in [3.8, 4) is 0 Å². The number of aliphatic carboxylic acids is 1. The Bertz CT molecular complexity index is 454. The lowest BCUT2D eigenvalue weighted by Gasteiger charge is -2.31. The van der Waals surface area contributed by atoms with Crippen LogP contribution in [-0.2, 0) is 9.59 Å². The van der Waals surface area contributed by atoms with Crippen LogP contribution >= 0.6 is 0 Å². The van der Waals surface area contributed by atoms with Gasteiger partial charge in [0.1, 0.15) is 6.04 Å². The van der Waals surface area contributed by atoms with Gasteiger partial charge in [-0.1, -0.05) is 6.42 Å². The fourth-order valence-electron chi connectivity index (χ4n) is 3.33. The standard InChI is InChI=1S/C14H23N3O4/c1-14(12(19)20)7-3-6-10(14)16-13(21)17-8-4-5-9(17)11(18)15-2/h9-10H,3-8H2,1-2H3,(H,15,18)(H,16,21)(H,19,20). The molecule has 1 heterocycles. The summed E-state index contributed by atoms with van der Waals surface area (Å²) in [6.45, 7) is 2.20. The third-order valence-corrected chi connectivity index (χ3v) is 4.81. The maximum Gasteiger partial charge on any atom is 0.318 e. The van der Waals surface area contributed by atoms with Crippen molar-refractivity contribution in [1.82, 2.24) is 15.5 Å². The minimum Gasteiger partial charge on any atom is -0.481 e. The van der Waals surface area contributed by atoms with E-state index in [0.29, 0.717) is 25.8 Å². The Hall–Kier alpha value is -1.79. The van der Waals surface area contributed by atoms with Gasteiger partial charge < -0.3 is 20.6 Å². The molecule has 0 radical (unpaired) electrons. The molecule has 2 rings (SSSR count). The lowest BCUT2D eigenvalue weighted by molar-refractivity contribution is -0.148. The van der Waals surface area contributed by atoms with Crippen LogP contribution in [0.5, 0.6) is 0 Å². The number of nitrogens with zero attached hydrogens (tertiary/aromatic N) is 1. The second kappa shape index (κ2) is 5.91. The van der Waals surface area contributed by atoms with E-state index in [0.717, 1.165) is 12.8 Å². The highest BCUT2D eigenvalue weighted by Crippen LogP contribution is 2.38. The number of amides is 3. The van der Waals surface area contributed by atoms with E-state index < -0.39 is 17.4 Å². The molecule has 0 aromatic rings. The zero-order chi connectivity index (χ0) is 15.6. The van der Waals surface area contributed by atoms with Crippen LogP contribution in [0.4, 0.5) is 4.79 Å². The molecule has 0 bridgehead atoms. The molecule has 3 N–H and O–H groups in total. The maximum absolute atomic E-state index is 12.4. The fourth-order valence-corrected chi connectivity index (χ4v) is 3.33. The van der Waals surface area contributed by atoms with Crippen molar-refractivity contribution in [2.24, 2.45) is 5.41 Å². The molecular weight excluding hydrogens is 274 g/mol. The van der Waals surface area contributed by atoms with Crippen LogP contribution in [0.1, 0.15) is 39.0 Å². The first-order chi connectivity index (χ1) is 9.90. The number of hydrogen-bond acceptors (Lipinski definition) is 3. The lowest BCUT2D eigenvalue weighted by Crippen LogP contribution is -2.54. The first kappa shape index (κ1) is 15.6. The Morgan fingerprint density at radius 2 is 1.95 bits per heavy atom. The number of urea groups is 1. The van der Waals surface area contributed by atoms with E-state index >= 15 is 0 Å². The number of carbonyl (C=O) groups excluding carboxylic acids is 2. The summed E-state index contributed by atoms with van der Waals surface area (Å²) in [6.07, 6.45) is 3.44. The van der Waals surface area contributed by atoms with Crippen LogP contribution in [0, 0.1) is 5.41 Å². The predicted molar refractivity (Wildman–Crippen MR) is 75.7 cm³/mol. The molecule has 0 aromatic heterocycles. The van der Waals surface area contributed by atoms with E-state index in [1.807, 2.05) is 0 Å². The molecule has 7 heteroatoms. The van der Waals surface area contributed by atoms with Crippen LogP contribution in [0.2, 0.25) is 0 Å². The first-order valence-corrected chi connectivity index (χ1v) is 7.42. The summed E-state index contributed by atoms with van der Waals surface area (Å²) in [7, 11) is 1.55. The largest absolute Gasteiger partial charge is 0.481 e. The number of carbonyl (C=O) groups is 3. The number of hydrogen-bond donors (Lipinski definition) is 3. The number of likely N-dealkylation sites (N-methyl/N-ethyl adjacent to an activating group) is 1. The Kier molecular flexibility index (Phi) is 4.39. The Morgan fingerprint density at radius 1 is 1.24 bits per heavy atom. The normalized spacial score (nSPS) is 32.0. The number of nitrogens with one attached hydrogen (secondary N) is 2. The molecule has 1 saturated carbocycles. The van der Waals surface area contributed by atoms with Gasteiger partial charge in [0.05, 0.1) is 5.41 Å². The second-order valence-electron chi connectivity index (χ2n) is 6.08. The smallest absolute Gasteiger partial charge is 0.318 e. The molecule has 0 aromatic carbocycles. The summed E-state index contributed by atoms with van der Waals surface area (Å²) in [4.78, 5) is 37.1. The molecule has 2 aliphatic rings. The zero-order valence-electron chi connectivity index (χ0n) is 12.5. The van der Waals surface area contributed by atoms with E-state index in [2.05, 4.69) is 10.6 Å². The molecular formula is C14H23N3O4. The summed E-state index contributed by atoms with van der Waals surface area (Å²) in [5.41, 5.74) is -0.919. The average Bonchev–Trinajstić information content (AvgIpc) is 3.06. The minimum absolute atomic E-state index is 0.171. The van der Waals surface area contributed by atoms with E-state index in [1.165, 1.54) is 4.90 Å². The molecule has 118 valence electrons. The number of rotatable bonds is 3. The highest BCUT2D eigenvalue weighted by atomic mass is 16.4. The summed E-state index contributed by atoms with van der Waals surface area (Å²) in [6, 6.07) is -1.17. The van der Waals surface area contributed by atoms with Crippen molar-refractivity contribution in [2.45, 2.75) is 51.1 Å². The summed E-state index contributed by atoms with van der Waals surface area (Å²) >= 11 is 0. The van der Waals surface area contributed by atoms with Crippen molar-refractivity contribution in [2.75, 3.05) is 13.6 Å². The molecule has 3 unspecified atom stereocenters. The number of likely N-dealkylation sites (tertiary alicyclic amines) is 1. The fraction of sp³-hybridized carbons (Fsp3) is 0.786. The Labute approximate surface area is 124 Å². The van der Waals surface area contributed by atoms with E-state index in [9.17, 15) is 19.5 Å². The quantitative estimate of drug-likeness (QED) is 0.708. The van der Waals surface area contributed by atoms with Crippen LogP contribution in [0.25, 0.3) is 0 Å². The lowest BCUT2D eigenvalue weighted by atomic mass is 9.85. The van der Waals surface area contributed by atoms with Crippen LogP contribution in [0.3, 0.4) is 0 Å². The van der Waals surface area contributed by atoms with Gasteiger partial charge in [-0.15, -0.1) is 0 Å². The molecule has 2 fully saturated rings. The van der Waals surface area contributed by atoms with Gasteiger partial charge in [-0.2, -0.15) is 0 Å². The Morgan fingerprint density at radius 3 is 2.57 bits per heavy atom. The number of carboxylic acids is 1. The zero-order valence-corrected chi connectivity index (χ0v) is 12.5. The molecule has 1 aliphatic carbocycles. The first-order valence-electron chi connectivity index (χ1n) is 7.42. The second-order valence-corrected chi connectivity index (χ2v) is 6.08. The van der Waals surface area contributed by atoms with E-state index in [4.69, 9.17) is 0 Å². The minimum atomic E-state index is -0.919. The SMILES string of the molecule is CNC(=O)C1CCCN1C(=O)NC1CCCC1(C)C(=O)O. The van der Waals surface area contributed by atoms with Crippen LogP contribution in [-0.4, -0.2) is 53.6 Å². The van der Waals surface area contributed by atoms with Gasteiger partial charge in [-0.25, -0.2) is 4.79 Å². The van der Waals surface area contributed by atoms with Gasteiger partial charge in [0, 0.05) is 19.6 Å². The maximum atomic E-state index is 12.4. The van der Waals surface area contributed by atoms with E-state index in [1.54, 1.807) is 14.0 Å². The third kappa shape index (κ3) is 2.82. The molecule has 21 heavy (non-hydrogen) atoms. The van der Waals surface area contributed by atoms with Crippen molar-refractivity contribution in [3.63, 3.8) is 0 Å². The van der Waals surface area contributed by atoms with Gasteiger partial charge in [0.25, 0.3) is 0 Å². The van der Waals surface area contributed by atoms with Gasteiger partial charge >= 0.3 is 12.0 Å². The molecule has 0 spiro atoms. The van der Waals surface area contributed by atoms with Crippen molar-refractivity contribution in [3.05, 3.63) is 0 Å². The number of carboxylic acid groups (broad SMARTS) is 1. The third-order valence-electron chi connectivity index (χ3n) is 4.81. The van der Waals surface area contributed by atoms with Crippen LogP contribution in [0.15, 0.2) is 0 Å². The summed E-state index contributed by atoms with van der Waals surface area (Å²) in [5.74, 6) is -1.05. The van der Waals surface area contributed by atoms with Gasteiger partial charge in [-0.3, -0.25) is 9.59 Å². The molecule has 7 nitrogen and oxygen atoms in total. The van der Waals surface area contributed by atoms with Gasteiger partial charge in [-0.05, 0) is 32.6 Å². The Balaban J connectivity index is 2.04. The topological polar surface area (TPSA) is 98.7 Å². The molecule has 3 atom stereocenters. The monoisotopic (exact) mass is 297 g/mol. The van der Waals surface area contributed by atoms with Crippen molar-refractivity contribution >= 4 is 17.9 Å². The predicted octanol–water partition coefficient (Wildman–Crippen LogP) is 0.550. The van der Waals surface area contributed by atoms with Crippen molar-refractivity contribution < 1.29 is 19.5 Å². The molecule has 1 aliphatic heterocycles. The van der Waals surface area contributed by atoms with Gasteiger partial charge in [0.2, 0.25) is 5.91 Å². The van der Waals surface area contributed by atoms with E-state index in [-0.39, 0.29) is 18.0 Å².